The van der Waals surface area contributed by atoms with Gasteiger partial charge in [0.1, 0.15) is 5.60 Å². The maximum Gasteiger partial charge on any atom is 0.418 e. The summed E-state index contributed by atoms with van der Waals surface area (Å²) in [6, 6.07) is 0. The number of carbonyl (C=O) groups excluding carboxylic acids is 2. The molecule has 0 saturated carbocycles. The highest BCUT2D eigenvalue weighted by molar-refractivity contribution is 14.1. The normalized spacial score (nSPS) is 11.2. The van der Waals surface area contributed by atoms with Crippen LogP contribution in [0.1, 0.15) is 36.7 Å². The molecule has 1 aromatic heterocycles. The molecule has 0 amide bonds. The molecular formula is C11H13BrINO4. The zero-order chi connectivity index (χ0) is 13.9. The van der Waals surface area contributed by atoms with E-state index in [1.165, 1.54) is 33.8 Å². The van der Waals surface area contributed by atoms with Crippen molar-refractivity contribution in [2.45, 2.75) is 31.7 Å². The van der Waals surface area contributed by atoms with Crippen LogP contribution in [0.5, 0.6) is 0 Å². The highest BCUT2D eigenvalue weighted by atomic mass is 127. The molecule has 0 aliphatic heterocycles. The molecule has 0 aliphatic carbocycles. The van der Waals surface area contributed by atoms with E-state index in [-0.39, 0.29) is 0 Å². The first-order chi connectivity index (χ1) is 8.28. The molecule has 0 N–H and O–H groups in total. The number of halogens is 2. The van der Waals surface area contributed by atoms with Gasteiger partial charge in [-0.1, -0.05) is 15.9 Å². The zero-order valence-corrected chi connectivity index (χ0v) is 13.9. The lowest BCUT2D eigenvalue weighted by Gasteiger charge is -2.19. The molecule has 0 radical (unpaired) electrons. The van der Waals surface area contributed by atoms with Gasteiger partial charge in [-0.25, -0.2) is 9.59 Å². The predicted octanol–water partition coefficient (Wildman–Crippen LogP) is 3.67. The fourth-order valence-corrected chi connectivity index (χ4v) is 1.93. The van der Waals surface area contributed by atoms with Gasteiger partial charge in [0.05, 0.1) is 5.56 Å². The average molecular weight is 430 g/mol. The first-order valence-corrected chi connectivity index (χ1v) is 7.12. The minimum Gasteiger partial charge on any atom is -0.443 e. The fraction of sp³-hybridized carbons (Fsp3) is 0.455. The van der Waals surface area contributed by atoms with E-state index in [2.05, 4.69) is 19.0 Å². The smallest absolute Gasteiger partial charge is 0.418 e. The lowest BCUT2D eigenvalue weighted by Crippen LogP contribution is -2.26. The molecule has 1 aromatic rings. The van der Waals surface area contributed by atoms with E-state index in [4.69, 9.17) is 4.74 Å². The first kappa shape index (κ1) is 15.5. The van der Waals surface area contributed by atoms with Gasteiger partial charge in [-0.05, 0) is 26.3 Å². The van der Waals surface area contributed by atoms with Crippen LogP contribution >= 0.6 is 38.9 Å². The molecule has 1 rings (SSSR count). The molecule has 0 fully saturated rings. The molecule has 1 heterocycles. The Bertz CT molecular complexity index is 464. The molecule has 0 unspecified atom stereocenters. The topological polar surface area (TPSA) is 57.5 Å². The SMILES string of the molecule is CC(C)(C)OC(=O)n1cc(CBr)c(C(=O)OI)c1. The summed E-state index contributed by atoms with van der Waals surface area (Å²) in [5, 5.41) is 0.448. The number of ether oxygens (including phenoxy) is 1. The van der Waals surface area contributed by atoms with Gasteiger partial charge in [0.25, 0.3) is 0 Å². The molecule has 0 aliphatic rings. The average Bonchev–Trinajstić information content (AvgIpc) is 2.69. The maximum atomic E-state index is 11.8. The summed E-state index contributed by atoms with van der Waals surface area (Å²) in [5.41, 5.74) is 0.425. The van der Waals surface area contributed by atoms with E-state index < -0.39 is 17.7 Å². The fourth-order valence-electron chi connectivity index (χ4n) is 1.25. The van der Waals surface area contributed by atoms with Crippen molar-refractivity contribution in [1.82, 2.24) is 4.57 Å². The van der Waals surface area contributed by atoms with E-state index in [1.54, 1.807) is 27.0 Å². The standard InChI is InChI=1S/C11H13BrINO4/c1-11(2,3)17-10(16)14-5-7(4-12)8(6-14)9(15)18-13/h5-6H,4H2,1-3H3. The van der Waals surface area contributed by atoms with Gasteiger partial charge in [-0.3, -0.25) is 4.57 Å². The maximum absolute atomic E-state index is 11.8. The van der Waals surface area contributed by atoms with Crippen LogP contribution in [0.15, 0.2) is 12.4 Å². The Labute approximate surface area is 128 Å². The Kier molecular flexibility index (Phi) is 5.20. The van der Waals surface area contributed by atoms with Gasteiger partial charge in [0.15, 0.2) is 23.0 Å². The van der Waals surface area contributed by atoms with Crippen LogP contribution in [-0.4, -0.2) is 22.2 Å². The van der Waals surface area contributed by atoms with Crippen molar-refractivity contribution in [1.29, 1.82) is 0 Å². The van der Waals surface area contributed by atoms with E-state index in [9.17, 15) is 9.59 Å². The zero-order valence-electron chi connectivity index (χ0n) is 10.2. The molecule has 0 spiro atoms. The number of aromatic nitrogens is 1. The second-order valence-electron chi connectivity index (χ2n) is 4.58. The summed E-state index contributed by atoms with van der Waals surface area (Å²) >= 11 is 4.76. The van der Waals surface area contributed by atoms with Crippen LogP contribution in [0, 0.1) is 0 Å². The third-order valence-corrected chi connectivity index (χ3v) is 2.95. The quantitative estimate of drug-likeness (QED) is 0.531. The summed E-state index contributed by atoms with van der Waals surface area (Å²) in [6.07, 6.45) is 2.43. The molecule has 0 bridgehead atoms. The van der Waals surface area contributed by atoms with Crippen molar-refractivity contribution in [3.05, 3.63) is 23.5 Å². The minimum absolute atomic E-state index is 0.340. The lowest BCUT2D eigenvalue weighted by molar-refractivity contribution is 0.0537. The van der Waals surface area contributed by atoms with Crippen LogP contribution in [0.4, 0.5) is 4.79 Å². The number of nitrogens with zero attached hydrogens (tertiary/aromatic N) is 1. The summed E-state index contributed by atoms with van der Waals surface area (Å²) in [6.45, 7) is 5.33. The lowest BCUT2D eigenvalue weighted by atomic mass is 10.2. The molecule has 18 heavy (non-hydrogen) atoms. The third kappa shape index (κ3) is 3.98. The van der Waals surface area contributed by atoms with E-state index in [0.717, 1.165) is 0 Å². The van der Waals surface area contributed by atoms with Crippen molar-refractivity contribution >= 4 is 51.0 Å². The molecule has 0 atom stereocenters. The largest absolute Gasteiger partial charge is 0.443 e. The number of hydrogen-bond acceptors (Lipinski definition) is 4. The summed E-state index contributed by atoms with van der Waals surface area (Å²) in [7, 11) is 0. The molecule has 0 aromatic carbocycles. The number of hydrogen-bond donors (Lipinski definition) is 0. The van der Waals surface area contributed by atoms with Crippen molar-refractivity contribution in [3.63, 3.8) is 0 Å². The van der Waals surface area contributed by atoms with Crippen LogP contribution < -0.4 is 0 Å². The van der Waals surface area contributed by atoms with Crippen LogP contribution in [0.25, 0.3) is 0 Å². The van der Waals surface area contributed by atoms with Gasteiger partial charge >= 0.3 is 12.1 Å². The summed E-state index contributed by atoms with van der Waals surface area (Å²) in [4.78, 5) is 23.3. The highest BCUT2D eigenvalue weighted by Gasteiger charge is 2.21. The van der Waals surface area contributed by atoms with Gasteiger partial charge in [-0.15, -0.1) is 0 Å². The van der Waals surface area contributed by atoms with E-state index in [0.29, 0.717) is 16.5 Å². The Morgan fingerprint density at radius 2 is 2.00 bits per heavy atom. The minimum atomic E-state index is -0.583. The van der Waals surface area contributed by atoms with Gasteiger partial charge in [0.2, 0.25) is 0 Å². The van der Waals surface area contributed by atoms with Gasteiger partial charge < -0.3 is 7.80 Å². The second kappa shape index (κ2) is 6.05. The summed E-state index contributed by atoms with van der Waals surface area (Å²) in [5.74, 6) is -0.493. The number of rotatable bonds is 2. The Morgan fingerprint density at radius 1 is 1.39 bits per heavy atom. The van der Waals surface area contributed by atoms with Gasteiger partial charge in [0, 0.05) is 17.7 Å². The van der Waals surface area contributed by atoms with Crippen molar-refractivity contribution in [3.8, 4) is 0 Å². The van der Waals surface area contributed by atoms with Gasteiger partial charge in [-0.2, -0.15) is 0 Å². The van der Waals surface area contributed by atoms with Crippen molar-refractivity contribution < 1.29 is 17.4 Å². The second-order valence-corrected chi connectivity index (χ2v) is 5.58. The summed E-state index contributed by atoms with van der Waals surface area (Å²) < 4.78 is 11.1. The first-order valence-electron chi connectivity index (χ1n) is 5.11. The van der Waals surface area contributed by atoms with Crippen LogP contribution in [0.3, 0.4) is 0 Å². The molecule has 0 saturated heterocycles. The number of carbonyl (C=O) groups is 2. The number of alkyl halides is 1. The van der Waals surface area contributed by atoms with Crippen molar-refractivity contribution in [2.24, 2.45) is 0 Å². The highest BCUT2D eigenvalue weighted by Crippen LogP contribution is 2.18. The molecule has 5 nitrogen and oxygen atoms in total. The Balaban J connectivity index is 3.02. The molecule has 100 valence electrons. The van der Waals surface area contributed by atoms with Crippen molar-refractivity contribution in [2.75, 3.05) is 0 Å². The van der Waals surface area contributed by atoms with E-state index in [1.807, 2.05) is 0 Å². The van der Waals surface area contributed by atoms with Crippen LogP contribution in [0.2, 0.25) is 0 Å². The monoisotopic (exact) mass is 429 g/mol. The Morgan fingerprint density at radius 3 is 2.44 bits per heavy atom. The predicted molar refractivity (Wildman–Crippen MR) is 78.1 cm³/mol. The van der Waals surface area contributed by atoms with E-state index >= 15 is 0 Å². The molecule has 7 heteroatoms. The Hall–Kier alpha value is -0.570. The molecular weight excluding hydrogens is 417 g/mol. The van der Waals surface area contributed by atoms with Crippen LogP contribution in [-0.2, 0) is 13.1 Å². The third-order valence-electron chi connectivity index (χ3n) is 1.95.